The van der Waals surface area contributed by atoms with Gasteiger partial charge in [0.1, 0.15) is 5.82 Å². The summed E-state index contributed by atoms with van der Waals surface area (Å²) < 4.78 is 13.3. The predicted molar refractivity (Wildman–Crippen MR) is 81.6 cm³/mol. The number of aliphatic hydroxyl groups excluding tert-OH is 2. The summed E-state index contributed by atoms with van der Waals surface area (Å²) in [6, 6.07) is 5.24. The minimum absolute atomic E-state index is 0.223. The van der Waals surface area contributed by atoms with Gasteiger partial charge < -0.3 is 15.1 Å². The van der Waals surface area contributed by atoms with Crippen LogP contribution in [-0.4, -0.2) is 40.9 Å². The minimum Gasteiger partial charge on any atom is -0.396 e. The molecule has 1 fully saturated rings. The zero-order valence-electron chi connectivity index (χ0n) is 12.8. The molecule has 2 atom stereocenters. The lowest BCUT2D eigenvalue weighted by Crippen LogP contribution is -2.41. The first-order valence-electron chi connectivity index (χ1n) is 7.91. The molecule has 1 saturated heterocycles. The third-order valence-electron chi connectivity index (χ3n) is 4.47. The number of aryl methyl sites for hydroxylation is 1. The SMILES string of the molecule is Cc1cc(C(O)CCN2CCCCC2CCO)ccc1F. The number of hydrogen-bond acceptors (Lipinski definition) is 3. The lowest BCUT2D eigenvalue weighted by Gasteiger charge is -2.36. The van der Waals surface area contributed by atoms with E-state index in [9.17, 15) is 9.50 Å². The Bertz CT molecular complexity index is 450. The number of benzene rings is 1. The highest BCUT2D eigenvalue weighted by Crippen LogP contribution is 2.23. The van der Waals surface area contributed by atoms with E-state index in [2.05, 4.69) is 4.90 Å². The lowest BCUT2D eigenvalue weighted by atomic mass is 9.98. The molecule has 0 radical (unpaired) electrons. The summed E-state index contributed by atoms with van der Waals surface area (Å²) in [6.07, 6.45) is 4.44. The number of nitrogens with zero attached hydrogens (tertiary/aromatic N) is 1. The fourth-order valence-electron chi connectivity index (χ4n) is 3.16. The highest BCUT2D eigenvalue weighted by Gasteiger charge is 2.22. The Kier molecular flexibility index (Phi) is 6.15. The average Bonchev–Trinajstić information content (AvgIpc) is 2.49. The summed E-state index contributed by atoms with van der Waals surface area (Å²) in [7, 11) is 0. The second-order valence-electron chi connectivity index (χ2n) is 6.01. The normalized spacial score (nSPS) is 21.4. The van der Waals surface area contributed by atoms with Crippen LogP contribution in [0.3, 0.4) is 0 Å². The van der Waals surface area contributed by atoms with Crippen LogP contribution in [0.2, 0.25) is 0 Å². The van der Waals surface area contributed by atoms with Crippen LogP contribution in [0.15, 0.2) is 18.2 Å². The van der Waals surface area contributed by atoms with E-state index in [1.54, 1.807) is 19.1 Å². The van der Waals surface area contributed by atoms with Gasteiger partial charge in [-0.05, 0) is 56.3 Å². The highest BCUT2D eigenvalue weighted by atomic mass is 19.1. The third-order valence-corrected chi connectivity index (χ3v) is 4.47. The van der Waals surface area contributed by atoms with E-state index < -0.39 is 6.10 Å². The maximum atomic E-state index is 13.3. The number of halogens is 1. The van der Waals surface area contributed by atoms with E-state index in [1.807, 2.05) is 0 Å². The summed E-state index contributed by atoms with van der Waals surface area (Å²) >= 11 is 0. The molecule has 21 heavy (non-hydrogen) atoms. The van der Waals surface area contributed by atoms with Crippen molar-refractivity contribution in [3.8, 4) is 0 Å². The quantitative estimate of drug-likeness (QED) is 0.848. The van der Waals surface area contributed by atoms with Crippen LogP contribution in [0.5, 0.6) is 0 Å². The summed E-state index contributed by atoms with van der Waals surface area (Å²) in [5, 5.41) is 19.4. The number of hydrogen-bond donors (Lipinski definition) is 2. The molecule has 1 aliphatic rings. The first kappa shape index (κ1) is 16.4. The molecule has 1 aromatic rings. The molecule has 3 nitrogen and oxygen atoms in total. The molecule has 0 aromatic heterocycles. The van der Waals surface area contributed by atoms with Gasteiger partial charge in [0.25, 0.3) is 0 Å². The van der Waals surface area contributed by atoms with Crippen LogP contribution >= 0.6 is 0 Å². The van der Waals surface area contributed by atoms with Crippen molar-refractivity contribution in [2.75, 3.05) is 19.7 Å². The van der Waals surface area contributed by atoms with Crippen molar-refractivity contribution in [1.82, 2.24) is 4.90 Å². The molecule has 1 aromatic carbocycles. The smallest absolute Gasteiger partial charge is 0.126 e. The van der Waals surface area contributed by atoms with E-state index in [-0.39, 0.29) is 12.4 Å². The fraction of sp³-hybridized carbons (Fsp3) is 0.647. The Labute approximate surface area is 126 Å². The van der Waals surface area contributed by atoms with E-state index in [1.165, 1.54) is 18.9 Å². The van der Waals surface area contributed by atoms with E-state index in [0.717, 1.165) is 31.5 Å². The van der Waals surface area contributed by atoms with Gasteiger partial charge in [-0.3, -0.25) is 0 Å². The maximum absolute atomic E-state index is 13.3. The Balaban J connectivity index is 1.89. The largest absolute Gasteiger partial charge is 0.396 e. The topological polar surface area (TPSA) is 43.7 Å². The second-order valence-corrected chi connectivity index (χ2v) is 6.01. The molecule has 0 spiro atoms. The first-order chi connectivity index (χ1) is 10.1. The zero-order chi connectivity index (χ0) is 15.2. The Morgan fingerprint density at radius 1 is 1.38 bits per heavy atom. The first-order valence-corrected chi connectivity index (χ1v) is 7.91. The molecule has 118 valence electrons. The molecule has 2 rings (SSSR count). The Morgan fingerprint density at radius 2 is 2.19 bits per heavy atom. The Morgan fingerprint density at radius 3 is 2.90 bits per heavy atom. The number of rotatable bonds is 6. The van der Waals surface area contributed by atoms with Crippen molar-refractivity contribution in [3.05, 3.63) is 35.1 Å². The monoisotopic (exact) mass is 295 g/mol. The van der Waals surface area contributed by atoms with Crippen molar-refractivity contribution in [1.29, 1.82) is 0 Å². The predicted octanol–water partition coefficient (Wildman–Crippen LogP) is 2.79. The van der Waals surface area contributed by atoms with Crippen molar-refractivity contribution in [2.45, 2.75) is 51.2 Å². The van der Waals surface area contributed by atoms with Gasteiger partial charge in [0, 0.05) is 19.2 Å². The molecule has 1 aliphatic heterocycles. The standard InChI is InChI=1S/C17H26FNO2/c1-13-12-14(5-6-16(13)18)17(21)7-10-19-9-3-2-4-15(19)8-11-20/h5-6,12,15,17,20-21H,2-4,7-11H2,1H3. The van der Waals surface area contributed by atoms with Crippen LogP contribution in [0, 0.1) is 12.7 Å². The van der Waals surface area contributed by atoms with Crippen molar-refractivity contribution in [2.24, 2.45) is 0 Å². The molecule has 1 heterocycles. The second kappa shape index (κ2) is 7.87. The molecular formula is C17H26FNO2. The highest BCUT2D eigenvalue weighted by molar-refractivity contribution is 5.25. The van der Waals surface area contributed by atoms with Crippen molar-refractivity contribution in [3.63, 3.8) is 0 Å². The zero-order valence-corrected chi connectivity index (χ0v) is 12.8. The van der Waals surface area contributed by atoms with Gasteiger partial charge in [0.05, 0.1) is 6.10 Å². The molecule has 0 bridgehead atoms. The van der Waals surface area contributed by atoms with Gasteiger partial charge in [-0.1, -0.05) is 18.6 Å². The van der Waals surface area contributed by atoms with Gasteiger partial charge >= 0.3 is 0 Å². The minimum atomic E-state index is -0.555. The molecule has 4 heteroatoms. The van der Waals surface area contributed by atoms with E-state index in [0.29, 0.717) is 18.0 Å². The van der Waals surface area contributed by atoms with E-state index >= 15 is 0 Å². The summed E-state index contributed by atoms with van der Waals surface area (Å²) in [5.74, 6) is -0.231. The van der Waals surface area contributed by atoms with Crippen LogP contribution in [0.4, 0.5) is 4.39 Å². The van der Waals surface area contributed by atoms with Crippen molar-refractivity contribution >= 4 is 0 Å². The van der Waals surface area contributed by atoms with Crippen molar-refractivity contribution < 1.29 is 14.6 Å². The molecule has 0 aliphatic carbocycles. The molecular weight excluding hydrogens is 269 g/mol. The molecule has 2 unspecified atom stereocenters. The number of aliphatic hydroxyl groups is 2. The average molecular weight is 295 g/mol. The molecule has 0 amide bonds. The van der Waals surface area contributed by atoms with Crippen LogP contribution in [-0.2, 0) is 0 Å². The number of likely N-dealkylation sites (tertiary alicyclic amines) is 1. The maximum Gasteiger partial charge on any atom is 0.126 e. The Hall–Kier alpha value is -0.970. The van der Waals surface area contributed by atoms with Gasteiger partial charge in [-0.25, -0.2) is 4.39 Å². The summed E-state index contributed by atoms with van der Waals surface area (Å²) in [5.41, 5.74) is 1.35. The van der Waals surface area contributed by atoms with Gasteiger partial charge in [0.15, 0.2) is 0 Å². The van der Waals surface area contributed by atoms with Gasteiger partial charge in [-0.15, -0.1) is 0 Å². The fourth-order valence-corrected chi connectivity index (χ4v) is 3.16. The molecule has 2 N–H and O–H groups in total. The van der Waals surface area contributed by atoms with Crippen LogP contribution < -0.4 is 0 Å². The van der Waals surface area contributed by atoms with E-state index in [4.69, 9.17) is 5.11 Å². The third kappa shape index (κ3) is 4.50. The van der Waals surface area contributed by atoms with Crippen LogP contribution in [0.25, 0.3) is 0 Å². The number of piperidine rings is 1. The van der Waals surface area contributed by atoms with Crippen LogP contribution in [0.1, 0.15) is 49.3 Å². The van der Waals surface area contributed by atoms with Gasteiger partial charge in [-0.2, -0.15) is 0 Å². The summed E-state index contributed by atoms with van der Waals surface area (Å²) in [4.78, 5) is 2.37. The lowest BCUT2D eigenvalue weighted by molar-refractivity contribution is 0.0891. The van der Waals surface area contributed by atoms with Gasteiger partial charge in [0.2, 0.25) is 0 Å². The summed E-state index contributed by atoms with van der Waals surface area (Å²) in [6.45, 7) is 3.80. The molecule has 0 saturated carbocycles.